The Balaban J connectivity index is 1.33. The highest BCUT2D eigenvalue weighted by Crippen LogP contribution is 2.43. The maximum Gasteiger partial charge on any atom is 0.166 e. The fraction of sp³-hybridized carbons (Fsp3) is 0.690. The van der Waals surface area contributed by atoms with Crippen LogP contribution in [0, 0.1) is 40.8 Å². The van der Waals surface area contributed by atoms with Gasteiger partial charge in [0.1, 0.15) is 6.61 Å². The zero-order valence-corrected chi connectivity index (χ0v) is 20.0. The molecule has 0 saturated heterocycles. The number of rotatable bonds is 11. The Morgan fingerprint density at radius 1 is 1.03 bits per heavy atom. The van der Waals surface area contributed by atoms with Crippen LogP contribution in [0.2, 0.25) is 0 Å². The van der Waals surface area contributed by atoms with E-state index in [4.69, 9.17) is 10.00 Å². The largest absolute Gasteiger partial charge is 0.486 e. The van der Waals surface area contributed by atoms with Crippen LogP contribution in [0.1, 0.15) is 102 Å². The minimum absolute atomic E-state index is 0.217. The number of nitrogens with zero attached hydrogens (tertiary/aromatic N) is 1. The van der Waals surface area contributed by atoms with Crippen LogP contribution in [0.4, 0.5) is 4.39 Å². The first kappa shape index (κ1) is 24.8. The summed E-state index contributed by atoms with van der Waals surface area (Å²) in [6.45, 7) is 2.67. The smallest absolute Gasteiger partial charge is 0.166 e. The van der Waals surface area contributed by atoms with E-state index < -0.39 is 5.82 Å². The number of benzene rings is 1. The molecule has 0 heterocycles. The second kappa shape index (κ2) is 13.7. The van der Waals surface area contributed by atoms with E-state index in [2.05, 4.69) is 13.0 Å². The third kappa shape index (κ3) is 7.95. The lowest BCUT2D eigenvalue weighted by Crippen LogP contribution is -2.26. The van der Waals surface area contributed by atoms with Crippen molar-refractivity contribution in [1.29, 1.82) is 5.26 Å². The van der Waals surface area contributed by atoms with E-state index >= 15 is 0 Å². The molecule has 0 radical (unpaired) electrons. The minimum atomic E-state index is -0.468. The van der Waals surface area contributed by atoms with Crippen LogP contribution in [-0.2, 0) is 0 Å². The molecule has 176 valence electrons. The first-order chi connectivity index (χ1) is 15.7. The molecule has 32 heavy (non-hydrogen) atoms. The molecule has 2 nitrogen and oxygen atoms in total. The summed E-state index contributed by atoms with van der Waals surface area (Å²) in [7, 11) is 0. The zero-order chi connectivity index (χ0) is 22.6. The first-order valence-corrected chi connectivity index (χ1v) is 13.2. The maximum absolute atomic E-state index is 13.9. The van der Waals surface area contributed by atoms with Crippen molar-refractivity contribution in [3.63, 3.8) is 0 Å². The third-order valence-electron chi connectivity index (χ3n) is 7.83. The van der Waals surface area contributed by atoms with Crippen molar-refractivity contribution in [3.8, 4) is 11.8 Å². The molecule has 0 aromatic heterocycles. The standard InChI is InChI=1S/C29H42FNO/c1-2-3-4-5-6-9-24-10-7-12-27(20-24)26-16-13-23(14-17-26)11-8-19-32-29-18-15-25(22-31)21-28(29)30/h8,11,15,18,21,23-24,26-27H,2-7,9-10,12-14,16-17,19-20H2,1H3/t23?,24-,26?,27-/m1/s1. The molecule has 2 saturated carbocycles. The van der Waals surface area contributed by atoms with Crippen LogP contribution in [0.15, 0.2) is 30.4 Å². The summed E-state index contributed by atoms with van der Waals surface area (Å²) in [5.74, 6) is 3.29. The van der Waals surface area contributed by atoms with Gasteiger partial charge in [-0.1, -0.05) is 76.9 Å². The molecule has 0 aliphatic heterocycles. The Hall–Kier alpha value is -1.82. The van der Waals surface area contributed by atoms with Gasteiger partial charge in [0.25, 0.3) is 0 Å². The zero-order valence-electron chi connectivity index (χ0n) is 20.0. The Kier molecular flexibility index (Phi) is 10.6. The molecule has 0 amide bonds. The number of ether oxygens (including phenoxy) is 1. The van der Waals surface area contributed by atoms with Crippen LogP contribution in [0.3, 0.4) is 0 Å². The predicted molar refractivity (Wildman–Crippen MR) is 130 cm³/mol. The van der Waals surface area contributed by atoms with Crippen molar-refractivity contribution in [2.75, 3.05) is 6.61 Å². The van der Waals surface area contributed by atoms with Gasteiger partial charge in [-0.05, 0) is 74.0 Å². The van der Waals surface area contributed by atoms with Crippen LogP contribution in [-0.4, -0.2) is 6.61 Å². The van der Waals surface area contributed by atoms with Crippen LogP contribution in [0.25, 0.3) is 0 Å². The van der Waals surface area contributed by atoms with Crippen LogP contribution < -0.4 is 4.74 Å². The first-order valence-electron chi connectivity index (χ1n) is 13.2. The lowest BCUT2D eigenvalue weighted by molar-refractivity contribution is 0.143. The minimum Gasteiger partial charge on any atom is -0.486 e. The summed E-state index contributed by atoms with van der Waals surface area (Å²) in [5, 5.41) is 8.82. The van der Waals surface area contributed by atoms with Crippen molar-refractivity contribution < 1.29 is 9.13 Å². The van der Waals surface area contributed by atoms with E-state index in [1.54, 1.807) is 6.07 Å². The summed E-state index contributed by atoms with van der Waals surface area (Å²) >= 11 is 0. The topological polar surface area (TPSA) is 33.0 Å². The van der Waals surface area contributed by atoms with Gasteiger partial charge in [-0.25, -0.2) is 4.39 Å². The summed E-state index contributed by atoms with van der Waals surface area (Å²) < 4.78 is 19.4. The number of hydrogen-bond donors (Lipinski definition) is 0. The highest BCUT2D eigenvalue weighted by molar-refractivity contribution is 5.36. The lowest BCUT2D eigenvalue weighted by Gasteiger charge is -2.38. The van der Waals surface area contributed by atoms with Gasteiger partial charge < -0.3 is 4.74 Å². The molecule has 0 spiro atoms. The fourth-order valence-electron chi connectivity index (χ4n) is 5.94. The number of unbranched alkanes of at least 4 members (excludes halogenated alkanes) is 4. The number of halogens is 1. The molecule has 1 aromatic carbocycles. The van der Waals surface area contributed by atoms with Gasteiger partial charge in [-0.15, -0.1) is 0 Å². The van der Waals surface area contributed by atoms with Gasteiger partial charge in [0.2, 0.25) is 0 Å². The van der Waals surface area contributed by atoms with Crippen molar-refractivity contribution in [2.45, 2.75) is 96.8 Å². The SMILES string of the molecule is CCCCCCC[C@@H]1CCC[C@@H](C2CCC(C=CCOc3ccc(C#N)cc3F)CC2)C1. The molecule has 0 unspecified atom stereocenters. The Labute approximate surface area is 195 Å². The molecular formula is C29H42FNO. The number of hydrogen-bond acceptors (Lipinski definition) is 2. The van der Waals surface area contributed by atoms with Gasteiger partial charge in [0.15, 0.2) is 11.6 Å². The third-order valence-corrected chi connectivity index (χ3v) is 7.83. The lowest BCUT2D eigenvalue weighted by atomic mass is 9.68. The van der Waals surface area contributed by atoms with Gasteiger partial charge in [0, 0.05) is 0 Å². The Morgan fingerprint density at radius 2 is 1.84 bits per heavy atom. The van der Waals surface area contributed by atoms with Crippen molar-refractivity contribution >= 4 is 0 Å². The predicted octanol–water partition coefficient (Wildman–Crippen LogP) is 8.61. The number of nitriles is 1. The average molecular weight is 440 g/mol. The van der Waals surface area contributed by atoms with Gasteiger partial charge in [0.05, 0.1) is 11.6 Å². The van der Waals surface area contributed by atoms with Crippen LogP contribution >= 0.6 is 0 Å². The molecule has 2 atom stereocenters. The van der Waals surface area contributed by atoms with Gasteiger partial charge in [-0.2, -0.15) is 5.26 Å². The molecule has 2 aliphatic carbocycles. The highest BCUT2D eigenvalue weighted by Gasteiger charge is 2.30. The normalized spacial score (nSPS) is 26.2. The molecule has 1 aromatic rings. The van der Waals surface area contributed by atoms with E-state index in [0.717, 1.165) is 17.8 Å². The number of allylic oxidation sites excluding steroid dienone is 1. The van der Waals surface area contributed by atoms with E-state index in [1.165, 1.54) is 102 Å². The Morgan fingerprint density at radius 3 is 2.59 bits per heavy atom. The highest BCUT2D eigenvalue weighted by atomic mass is 19.1. The molecule has 0 N–H and O–H groups in total. The van der Waals surface area contributed by atoms with Crippen LogP contribution in [0.5, 0.6) is 5.75 Å². The second-order valence-electron chi connectivity index (χ2n) is 10.2. The summed E-state index contributed by atoms with van der Waals surface area (Å²) in [6, 6.07) is 6.29. The van der Waals surface area contributed by atoms with Crippen molar-refractivity contribution in [2.24, 2.45) is 23.7 Å². The summed E-state index contributed by atoms with van der Waals surface area (Å²) in [4.78, 5) is 0. The van der Waals surface area contributed by atoms with E-state index in [9.17, 15) is 4.39 Å². The molecule has 3 heteroatoms. The van der Waals surface area contributed by atoms with Gasteiger partial charge in [-0.3, -0.25) is 0 Å². The Bertz CT molecular complexity index is 744. The molecule has 0 bridgehead atoms. The van der Waals surface area contributed by atoms with Crippen molar-refractivity contribution in [1.82, 2.24) is 0 Å². The second-order valence-corrected chi connectivity index (χ2v) is 10.2. The van der Waals surface area contributed by atoms with E-state index in [1.807, 2.05) is 12.1 Å². The molecule has 2 aliphatic rings. The monoisotopic (exact) mass is 439 g/mol. The summed E-state index contributed by atoms with van der Waals surface area (Å²) in [5.41, 5.74) is 0.318. The van der Waals surface area contributed by atoms with Crippen molar-refractivity contribution in [3.05, 3.63) is 41.7 Å². The maximum atomic E-state index is 13.9. The van der Waals surface area contributed by atoms with E-state index in [-0.39, 0.29) is 5.75 Å². The molecule has 2 fully saturated rings. The molecule has 3 rings (SSSR count). The quantitative estimate of drug-likeness (QED) is 0.255. The fourth-order valence-corrected chi connectivity index (χ4v) is 5.94. The summed E-state index contributed by atoms with van der Waals surface area (Å²) in [6.07, 6.45) is 24.0. The average Bonchev–Trinajstić information content (AvgIpc) is 2.83. The van der Waals surface area contributed by atoms with E-state index in [0.29, 0.717) is 18.1 Å². The molecular weight excluding hydrogens is 397 g/mol. The van der Waals surface area contributed by atoms with Gasteiger partial charge >= 0.3 is 0 Å².